The molecule has 1 rings (SSSR count). The summed E-state index contributed by atoms with van der Waals surface area (Å²) >= 11 is 0. The molecule has 1 amide bonds. The minimum absolute atomic E-state index is 0.0789. The first-order valence-electron chi connectivity index (χ1n) is 3.96. The van der Waals surface area contributed by atoms with Gasteiger partial charge in [-0.25, -0.2) is 9.98 Å². The largest absolute Gasteiger partial charge is 0.364 e. The third kappa shape index (κ3) is 2.25. The molecule has 74 valence electrons. The van der Waals surface area contributed by atoms with E-state index in [4.69, 9.17) is 5.73 Å². The summed E-state index contributed by atoms with van der Waals surface area (Å²) < 4.78 is 0. The highest BCUT2D eigenvalue weighted by atomic mass is 16.1. The van der Waals surface area contributed by atoms with Gasteiger partial charge in [0, 0.05) is 12.1 Å². The van der Waals surface area contributed by atoms with Gasteiger partial charge in [-0.2, -0.15) is 0 Å². The Bertz CT molecular complexity index is 380. The fraction of sp³-hybridized carbons (Fsp3) is 0.250. The maximum atomic E-state index is 10.8. The van der Waals surface area contributed by atoms with Crippen LogP contribution in [0.25, 0.3) is 0 Å². The lowest BCUT2D eigenvalue weighted by Gasteiger charge is -1.94. The Morgan fingerprint density at radius 2 is 2.50 bits per heavy atom. The molecule has 0 aromatic carbocycles. The van der Waals surface area contributed by atoms with Gasteiger partial charge in [-0.15, -0.1) is 0 Å². The molecule has 6 nitrogen and oxygen atoms in total. The average molecular weight is 194 g/mol. The quantitative estimate of drug-likeness (QED) is 0.528. The van der Waals surface area contributed by atoms with E-state index in [9.17, 15) is 9.59 Å². The summed E-state index contributed by atoms with van der Waals surface area (Å²) in [7, 11) is 0. The van der Waals surface area contributed by atoms with Crippen LogP contribution in [-0.4, -0.2) is 27.9 Å². The van der Waals surface area contributed by atoms with Crippen molar-refractivity contribution < 1.29 is 9.59 Å². The van der Waals surface area contributed by atoms with Gasteiger partial charge in [0.2, 0.25) is 0 Å². The fourth-order valence-corrected chi connectivity index (χ4v) is 0.910. The van der Waals surface area contributed by atoms with Gasteiger partial charge >= 0.3 is 0 Å². The highest BCUT2D eigenvalue weighted by Gasteiger charge is 2.09. The number of nitrogens with zero attached hydrogens (tertiary/aromatic N) is 2. The lowest BCUT2D eigenvalue weighted by atomic mass is 10.3. The second-order valence-corrected chi connectivity index (χ2v) is 2.68. The van der Waals surface area contributed by atoms with E-state index in [1.807, 2.05) is 0 Å². The summed E-state index contributed by atoms with van der Waals surface area (Å²) in [6.07, 6.45) is 2.28. The summed E-state index contributed by atoms with van der Waals surface area (Å²) in [4.78, 5) is 31.3. The molecule has 0 aliphatic carbocycles. The summed E-state index contributed by atoms with van der Waals surface area (Å²) in [6, 6.07) is 0. The molecular weight excluding hydrogens is 184 g/mol. The van der Waals surface area contributed by atoms with E-state index in [1.54, 1.807) is 6.92 Å². The first-order valence-corrected chi connectivity index (χ1v) is 3.96. The van der Waals surface area contributed by atoms with E-state index >= 15 is 0 Å². The number of aromatic amines is 1. The molecule has 0 aliphatic rings. The Labute approximate surface area is 80.2 Å². The number of hydrogen-bond acceptors (Lipinski definition) is 4. The maximum absolute atomic E-state index is 10.8. The van der Waals surface area contributed by atoms with Crippen molar-refractivity contribution in [2.45, 2.75) is 13.3 Å². The lowest BCUT2D eigenvalue weighted by molar-refractivity contribution is -0.106. The van der Waals surface area contributed by atoms with Crippen LogP contribution in [-0.2, 0) is 4.79 Å². The minimum Gasteiger partial charge on any atom is -0.364 e. The van der Waals surface area contributed by atoms with Crippen LogP contribution in [0.15, 0.2) is 11.3 Å². The minimum atomic E-state index is -0.649. The van der Waals surface area contributed by atoms with Crippen LogP contribution in [0.3, 0.4) is 0 Å². The number of hydrogen-bond donors (Lipinski definition) is 2. The van der Waals surface area contributed by atoms with Crippen molar-refractivity contribution in [1.82, 2.24) is 9.97 Å². The number of H-pyrrole nitrogens is 1. The smallest absolute Gasteiger partial charge is 0.271 e. The molecular formula is C8H10N4O2. The van der Waals surface area contributed by atoms with Crippen LogP contribution < -0.4 is 5.73 Å². The van der Waals surface area contributed by atoms with E-state index in [1.165, 1.54) is 6.33 Å². The number of imidazole rings is 1. The Morgan fingerprint density at radius 3 is 3.07 bits per heavy atom. The standard InChI is InChI=1S/C8H10N4O2/c1-5(2-3-13)12-8-6(7(9)14)10-4-11-8/h3-4H,2H2,1H3,(H2,9,14)(H,10,11)/b12-5+. The molecule has 0 radical (unpaired) electrons. The summed E-state index contributed by atoms with van der Waals surface area (Å²) in [5, 5.41) is 0. The monoisotopic (exact) mass is 194 g/mol. The second kappa shape index (κ2) is 4.31. The van der Waals surface area contributed by atoms with Crippen LogP contribution in [0.4, 0.5) is 5.82 Å². The van der Waals surface area contributed by atoms with Gasteiger partial charge in [0.25, 0.3) is 5.91 Å². The van der Waals surface area contributed by atoms with Crippen molar-refractivity contribution >= 4 is 23.7 Å². The third-order valence-electron chi connectivity index (χ3n) is 1.53. The summed E-state index contributed by atoms with van der Waals surface area (Å²) in [5.41, 5.74) is 5.72. The number of aldehydes is 1. The zero-order chi connectivity index (χ0) is 10.6. The molecule has 0 fully saturated rings. The van der Waals surface area contributed by atoms with Gasteiger partial charge in [-0.3, -0.25) is 4.79 Å². The number of aliphatic imine (C=N–C) groups is 1. The number of aromatic nitrogens is 2. The van der Waals surface area contributed by atoms with E-state index < -0.39 is 5.91 Å². The number of primary amides is 1. The van der Waals surface area contributed by atoms with Gasteiger partial charge in [-0.05, 0) is 6.92 Å². The van der Waals surface area contributed by atoms with Gasteiger partial charge in [-0.1, -0.05) is 0 Å². The number of carbonyl (C=O) groups excluding carboxylic acids is 2. The highest BCUT2D eigenvalue weighted by molar-refractivity contribution is 5.98. The van der Waals surface area contributed by atoms with E-state index in [-0.39, 0.29) is 17.9 Å². The topological polar surface area (TPSA) is 101 Å². The van der Waals surface area contributed by atoms with Crippen LogP contribution in [0.1, 0.15) is 23.8 Å². The third-order valence-corrected chi connectivity index (χ3v) is 1.53. The zero-order valence-electron chi connectivity index (χ0n) is 7.65. The zero-order valence-corrected chi connectivity index (χ0v) is 7.65. The van der Waals surface area contributed by atoms with E-state index in [0.29, 0.717) is 5.71 Å². The van der Waals surface area contributed by atoms with Gasteiger partial charge in [0.15, 0.2) is 11.5 Å². The number of nitrogens with two attached hydrogens (primary N) is 1. The SMILES string of the molecule is C/C(CC=O)=N\c1[nH]cnc1C(N)=O. The highest BCUT2D eigenvalue weighted by Crippen LogP contribution is 2.13. The molecule has 0 spiro atoms. The van der Waals surface area contributed by atoms with Crippen LogP contribution >= 0.6 is 0 Å². The number of rotatable bonds is 4. The van der Waals surface area contributed by atoms with Crippen molar-refractivity contribution in [2.75, 3.05) is 0 Å². The molecule has 0 saturated heterocycles. The maximum Gasteiger partial charge on any atom is 0.271 e. The average Bonchev–Trinajstić information content (AvgIpc) is 2.52. The molecule has 0 aliphatic heterocycles. The molecule has 3 N–H and O–H groups in total. The fourth-order valence-electron chi connectivity index (χ4n) is 0.910. The van der Waals surface area contributed by atoms with Gasteiger partial charge in [0.1, 0.15) is 6.29 Å². The van der Waals surface area contributed by atoms with Crippen molar-refractivity contribution in [2.24, 2.45) is 10.7 Å². The first-order chi connectivity index (χ1) is 6.65. The molecule has 6 heteroatoms. The first kappa shape index (κ1) is 10.1. The van der Waals surface area contributed by atoms with Crippen LogP contribution in [0, 0.1) is 0 Å². The van der Waals surface area contributed by atoms with E-state index in [0.717, 1.165) is 6.29 Å². The molecule has 1 aromatic rings. The Balaban J connectivity index is 2.96. The van der Waals surface area contributed by atoms with Gasteiger partial charge < -0.3 is 15.5 Å². The van der Waals surface area contributed by atoms with E-state index in [2.05, 4.69) is 15.0 Å². The molecule has 1 heterocycles. The second-order valence-electron chi connectivity index (χ2n) is 2.68. The van der Waals surface area contributed by atoms with Crippen molar-refractivity contribution in [3.63, 3.8) is 0 Å². The Kier molecular flexibility index (Phi) is 3.11. The molecule has 0 bridgehead atoms. The van der Waals surface area contributed by atoms with Crippen LogP contribution in [0.5, 0.6) is 0 Å². The van der Waals surface area contributed by atoms with Crippen molar-refractivity contribution in [1.29, 1.82) is 0 Å². The molecule has 0 saturated carbocycles. The predicted octanol–water partition coefficient (Wildman–Crippen LogP) is 0.190. The molecule has 14 heavy (non-hydrogen) atoms. The van der Waals surface area contributed by atoms with Crippen LogP contribution in [0.2, 0.25) is 0 Å². The number of nitrogens with one attached hydrogen (secondary N) is 1. The molecule has 0 unspecified atom stereocenters. The Morgan fingerprint density at radius 1 is 1.79 bits per heavy atom. The molecule has 0 atom stereocenters. The lowest BCUT2D eigenvalue weighted by Crippen LogP contribution is -2.11. The summed E-state index contributed by atoms with van der Waals surface area (Å²) in [6.45, 7) is 1.68. The van der Waals surface area contributed by atoms with Gasteiger partial charge in [0.05, 0.1) is 6.33 Å². The molecule has 1 aromatic heterocycles. The van der Waals surface area contributed by atoms with Crippen molar-refractivity contribution in [3.05, 3.63) is 12.0 Å². The predicted molar refractivity (Wildman–Crippen MR) is 50.6 cm³/mol. The number of carbonyl (C=O) groups is 2. The van der Waals surface area contributed by atoms with Crippen molar-refractivity contribution in [3.8, 4) is 0 Å². The Hall–Kier alpha value is -1.98. The number of amides is 1. The summed E-state index contributed by atoms with van der Waals surface area (Å²) in [5.74, 6) is -0.360. The normalized spacial score (nSPS) is 11.4.